The Balaban J connectivity index is 1.40. The molecule has 2 heterocycles. The molecule has 1 aromatic carbocycles. The van der Waals surface area contributed by atoms with Crippen LogP contribution in [0.4, 0.5) is 0 Å². The maximum atomic E-state index is 5.41. The summed E-state index contributed by atoms with van der Waals surface area (Å²) in [6.45, 7) is 13.4. The van der Waals surface area contributed by atoms with Crippen LogP contribution in [0.3, 0.4) is 0 Å². The Morgan fingerprint density at radius 2 is 1.97 bits per heavy atom. The molecule has 3 rings (SSSR count). The molecular formula is C23H39N5O. The maximum Gasteiger partial charge on any atom is 0.191 e. The zero-order valence-corrected chi connectivity index (χ0v) is 18.3. The molecule has 0 aliphatic carbocycles. The monoisotopic (exact) mass is 401 g/mol. The van der Waals surface area contributed by atoms with Crippen molar-refractivity contribution in [2.24, 2.45) is 4.99 Å². The topological polar surface area (TPSA) is 52.1 Å². The van der Waals surface area contributed by atoms with Crippen LogP contribution in [-0.4, -0.2) is 80.3 Å². The molecule has 2 saturated heterocycles. The molecule has 0 aromatic heterocycles. The fraction of sp³-hybridized carbons (Fsp3) is 0.696. The molecule has 1 aromatic rings. The lowest BCUT2D eigenvalue weighted by Crippen LogP contribution is -2.44. The molecule has 6 nitrogen and oxygen atoms in total. The summed E-state index contributed by atoms with van der Waals surface area (Å²) in [6, 6.07) is 11.8. The lowest BCUT2D eigenvalue weighted by atomic mass is 10.2. The predicted molar refractivity (Wildman–Crippen MR) is 120 cm³/mol. The minimum Gasteiger partial charge on any atom is -0.379 e. The van der Waals surface area contributed by atoms with Crippen molar-refractivity contribution in [1.82, 2.24) is 20.4 Å². The number of nitrogens with one attached hydrogen (secondary N) is 2. The van der Waals surface area contributed by atoms with E-state index in [1.54, 1.807) is 0 Å². The van der Waals surface area contributed by atoms with E-state index in [1.807, 2.05) is 0 Å². The number of likely N-dealkylation sites (tertiary alicyclic amines) is 1. The molecule has 0 radical (unpaired) electrons. The van der Waals surface area contributed by atoms with Crippen molar-refractivity contribution in [3.8, 4) is 0 Å². The zero-order chi connectivity index (χ0) is 20.3. The van der Waals surface area contributed by atoms with Gasteiger partial charge in [-0.3, -0.25) is 14.8 Å². The molecule has 0 saturated carbocycles. The fourth-order valence-electron chi connectivity index (χ4n) is 4.22. The van der Waals surface area contributed by atoms with Crippen molar-refractivity contribution in [2.75, 3.05) is 52.5 Å². The average Bonchev–Trinajstić information content (AvgIpc) is 3.08. The molecule has 0 amide bonds. The SMILES string of the molecule is CCNC(=NCCCCN1CCOCC1)NC1CC(C)N(Cc2ccccc2)C1. The van der Waals surface area contributed by atoms with Gasteiger partial charge in [0.1, 0.15) is 0 Å². The van der Waals surface area contributed by atoms with E-state index >= 15 is 0 Å². The molecule has 2 atom stereocenters. The summed E-state index contributed by atoms with van der Waals surface area (Å²) in [5.41, 5.74) is 1.39. The highest BCUT2D eigenvalue weighted by Crippen LogP contribution is 2.20. The molecule has 29 heavy (non-hydrogen) atoms. The Hall–Kier alpha value is -1.63. The first kappa shape index (κ1) is 22.1. The number of morpholine rings is 1. The van der Waals surface area contributed by atoms with Gasteiger partial charge in [0.2, 0.25) is 0 Å². The van der Waals surface area contributed by atoms with E-state index in [0.29, 0.717) is 12.1 Å². The van der Waals surface area contributed by atoms with Crippen LogP contribution < -0.4 is 10.6 Å². The van der Waals surface area contributed by atoms with Gasteiger partial charge in [0.15, 0.2) is 5.96 Å². The summed E-state index contributed by atoms with van der Waals surface area (Å²) in [6.07, 6.45) is 3.50. The Labute approximate surface area is 176 Å². The minimum absolute atomic E-state index is 0.458. The number of benzene rings is 1. The molecule has 2 fully saturated rings. The van der Waals surface area contributed by atoms with Crippen molar-refractivity contribution >= 4 is 5.96 Å². The molecule has 2 unspecified atom stereocenters. The first-order chi connectivity index (χ1) is 14.2. The molecule has 162 valence electrons. The van der Waals surface area contributed by atoms with Crippen LogP contribution in [0.15, 0.2) is 35.3 Å². The number of nitrogens with zero attached hydrogens (tertiary/aromatic N) is 3. The van der Waals surface area contributed by atoms with Gasteiger partial charge >= 0.3 is 0 Å². The van der Waals surface area contributed by atoms with Crippen LogP contribution in [0.25, 0.3) is 0 Å². The molecule has 2 aliphatic heterocycles. The standard InChI is InChI=1S/C23H39N5O/c1-3-24-23(25-11-7-8-12-27-13-15-29-16-14-27)26-22-17-20(2)28(19-22)18-21-9-5-4-6-10-21/h4-6,9-10,20,22H,3,7-8,11-19H2,1-2H3,(H2,24,25,26). The second-order valence-electron chi connectivity index (χ2n) is 8.26. The molecule has 0 spiro atoms. The Bertz CT molecular complexity index is 603. The summed E-state index contributed by atoms with van der Waals surface area (Å²) in [7, 11) is 0. The van der Waals surface area contributed by atoms with Crippen LogP contribution in [-0.2, 0) is 11.3 Å². The van der Waals surface area contributed by atoms with Gasteiger partial charge in [-0.25, -0.2) is 0 Å². The van der Waals surface area contributed by atoms with Gasteiger partial charge in [0, 0.05) is 51.4 Å². The largest absolute Gasteiger partial charge is 0.379 e. The van der Waals surface area contributed by atoms with Gasteiger partial charge in [0.05, 0.1) is 13.2 Å². The molecule has 2 N–H and O–H groups in total. The van der Waals surface area contributed by atoms with Crippen molar-refractivity contribution in [2.45, 2.75) is 51.7 Å². The summed E-state index contributed by atoms with van der Waals surface area (Å²) in [5, 5.41) is 7.10. The highest BCUT2D eigenvalue weighted by molar-refractivity contribution is 5.80. The van der Waals surface area contributed by atoms with Gasteiger partial charge in [-0.15, -0.1) is 0 Å². The summed E-state index contributed by atoms with van der Waals surface area (Å²) < 4.78 is 5.41. The second kappa shape index (κ2) is 12.2. The fourth-order valence-corrected chi connectivity index (χ4v) is 4.22. The second-order valence-corrected chi connectivity index (χ2v) is 8.26. The maximum absolute atomic E-state index is 5.41. The highest BCUT2D eigenvalue weighted by Gasteiger charge is 2.29. The normalized spacial score (nSPS) is 24.0. The minimum atomic E-state index is 0.458. The number of guanidine groups is 1. The molecule has 6 heteroatoms. The summed E-state index contributed by atoms with van der Waals surface area (Å²) in [4.78, 5) is 9.89. The molecule has 2 aliphatic rings. The van der Waals surface area contributed by atoms with Crippen molar-refractivity contribution in [3.05, 3.63) is 35.9 Å². The van der Waals surface area contributed by atoms with E-state index in [9.17, 15) is 0 Å². The molecule has 0 bridgehead atoms. The van der Waals surface area contributed by atoms with Gasteiger partial charge in [-0.1, -0.05) is 30.3 Å². The third-order valence-corrected chi connectivity index (χ3v) is 5.87. The van der Waals surface area contributed by atoms with E-state index in [-0.39, 0.29) is 0 Å². The number of aliphatic imine (C=N–C) groups is 1. The Morgan fingerprint density at radius 1 is 1.17 bits per heavy atom. The van der Waals surface area contributed by atoms with Crippen LogP contribution in [0.1, 0.15) is 38.7 Å². The third-order valence-electron chi connectivity index (χ3n) is 5.87. The van der Waals surface area contributed by atoms with E-state index in [0.717, 1.165) is 77.8 Å². The molecular weight excluding hydrogens is 362 g/mol. The van der Waals surface area contributed by atoms with E-state index in [2.05, 4.69) is 64.6 Å². The summed E-state index contributed by atoms with van der Waals surface area (Å²) >= 11 is 0. The number of hydrogen-bond donors (Lipinski definition) is 2. The van der Waals surface area contributed by atoms with Gasteiger partial charge in [0.25, 0.3) is 0 Å². The van der Waals surface area contributed by atoms with Crippen molar-refractivity contribution < 1.29 is 4.74 Å². The first-order valence-electron chi connectivity index (χ1n) is 11.4. The number of rotatable bonds is 9. The van der Waals surface area contributed by atoms with Crippen molar-refractivity contribution in [3.63, 3.8) is 0 Å². The van der Waals surface area contributed by atoms with E-state index in [1.165, 1.54) is 12.0 Å². The smallest absolute Gasteiger partial charge is 0.191 e. The van der Waals surface area contributed by atoms with Gasteiger partial charge < -0.3 is 15.4 Å². The van der Waals surface area contributed by atoms with E-state index in [4.69, 9.17) is 9.73 Å². The first-order valence-corrected chi connectivity index (χ1v) is 11.4. The lowest BCUT2D eigenvalue weighted by Gasteiger charge is -2.26. The third kappa shape index (κ3) is 7.61. The number of hydrogen-bond acceptors (Lipinski definition) is 4. The Kier molecular flexibility index (Phi) is 9.25. The van der Waals surface area contributed by atoms with Gasteiger partial charge in [-0.2, -0.15) is 0 Å². The lowest BCUT2D eigenvalue weighted by molar-refractivity contribution is 0.0373. The summed E-state index contributed by atoms with van der Waals surface area (Å²) in [5.74, 6) is 0.970. The van der Waals surface area contributed by atoms with Gasteiger partial charge in [-0.05, 0) is 45.2 Å². The number of ether oxygens (including phenoxy) is 1. The zero-order valence-electron chi connectivity index (χ0n) is 18.3. The van der Waals surface area contributed by atoms with Crippen LogP contribution >= 0.6 is 0 Å². The van der Waals surface area contributed by atoms with Crippen molar-refractivity contribution in [1.29, 1.82) is 0 Å². The Morgan fingerprint density at radius 3 is 2.72 bits per heavy atom. The number of unbranched alkanes of at least 4 members (excludes halogenated alkanes) is 1. The predicted octanol–water partition coefficient (Wildman–Crippen LogP) is 2.32. The highest BCUT2D eigenvalue weighted by atomic mass is 16.5. The van der Waals surface area contributed by atoms with Crippen LogP contribution in [0.2, 0.25) is 0 Å². The quantitative estimate of drug-likeness (QED) is 0.378. The van der Waals surface area contributed by atoms with Crippen LogP contribution in [0, 0.1) is 0 Å². The van der Waals surface area contributed by atoms with Crippen LogP contribution in [0.5, 0.6) is 0 Å². The average molecular weight is 402 g/mol. The van der Waals surface area contributed by atoms with E-state index < -0.39 is 0 Å².